The first-order valence-corrected chi connectivity index (χ1v) is 20.3. The normalized spacial score (nSPS) is 38.2. The number of rotatable bonds is 2. The van der Waals surface area contributed by atoms with E-state index in [4.69, 9.17) is 0 Å². The van der Waals surface area contributed by atoms with Crippen molar-refractivity contribution in [3.05, 3.63) is 11.9 Å². The predicted molar refractivity (Wildman–Crippen MR) is 116 cm³/mol. The molecular formula is C16H33P5. The third-order valence-corrected chi connectivity index (χ3v) is 36.3. The Morgan fingerprint density at radius 1 is 1.24 bits per heavy atom. The molecular weight excluding hydrogens is 347 g/mol. The van der Waals surface area contributed by atoms with Crippen molar-refractivity contribution in [1.29, 1.82) is 0 Å². The third kappa shape index (κ3) is 6.11. The summed E-state index contributed by atoms with van der Waals surface area (Å²) in [4.78, 5) is 0. The average molecular weight is 380 g/mol. The van der Waals surface area contributed by atoms with Crippen LogP contribution >= 0.6 is 37.1 Å². The van der Waals surface area contributed by atoms with Crippen LogP contribution in [0.15, 0.2) is 11.9 Å². The molecule has 0 spiro atoms. The Kier molecular flexibility index (Phi) is 8.85. The summed E-state index contributed by atoms with van der Waals surface area (Å²) in [6, 6.07) is 0. The second-order valence-electron chi connectivity index (χ2n) is 6.67. The molecule has 1 heterocycles. The van der Waals surface area contributed by atoms with Crippen molar-refractivity contribution in [3.63, 3.8) is 0 Å². The van der Waals surface area contributed by atoms with Crippen molar-refractivity contribution in [2.75, 3.05) is 45.6 Å². The van der Waals surface area contributed by atoms with Crippen molar-refractivity contribution in [2.45, 2.75) is 20.8 Å². The van der Waals surface area contributed by atoms with Crippen LogP contribution in [0.25, 0.3) is 0 Å². The van der Waals surface area contributed by atoms with Gasteiger partial charge in [0.05, 0.1) is 0 Å². The molecule has 0 aromatic carbocycles. The summed E-state index contributed by atoms with van der Waals surface area (Å²) in [5.41, 5.74) is 7.43. The van der Waals surface area contributed by atoms with Gasteiger partial charge < -0.3 is 0 Å². The fourth-order valence-corrected chi connectivity index (χ4v) is 36.2. The summed E-state index contributed by atoms with van der Waals surface area (Å²) in [5, 5.41) is 0. The molecule has 1 aliphatic heterocycles. The molecule has 5 heteroatoms. The van der Waals surface area contributed by atoms with Crippen LogP contribution in [-0.2, 0) is 0 Å². The Balaban J connectivity index is 3.17. The van der Waals surface area contributed by atoms with Gasteiger partial charge in [0.2, 0.25) is 0 Å². The van der Waals surface area contributed by atoms with Crippen molar-refractivity contribution in [3.8, 4) is 11.3 Å². The molecule has 0 N–H and O–H groups in total. The van der Waals surface area contributed by atoms with E-state index in [0.29, 0.717) is 0 Å². The molecule has 0 fully saturated rings. The minimum absolute atomic E-state index is 0.158. The van der Waals surface area contributed by atoms with E-state index in [0.717, 1.165) is 11.8 Å². The molecule has 0 nitrogen and oxygen atoms in total. The summed E-state index contributed by atoms with van der Waals surface area (Å²) in [6.45, 7) is 18.5. The molecule has 0 aromatic rings. The second-order valence-corrected chi connectivity index (χ2v) is 30.4. The Morgan fingerprint density at radius 3 is 2.38 bits per heavy atom. The maximum atomic E-state index is 3.80. The Hall–Kier alpha value is 1.45. The van der Waals surface area contributed by atoms with Crippen LogP contribution in [0.4, 0.5) is 0 Å². The zero-order valence-corrected chi connectivity index (χ0v) is 19.6. The van der Waals surface area contributed by atoms with E-state index in [1.807, 2.05) is 0 Å². The first kappa shape index (κ1) is 20.5. The van der Waals surface area contributed by atoms with E-state index in [-0.39, 0.29) is 30.1 Å². The first-order chi connectivity index (χ1) is 9.69. The standard InChI is InChI=1S/C16H33P5/c1-9-20-14-16(15(2)3)10-11-17(4)12-13-21(7,8)19(6)18(20)5/h10-11,15-16,21H,9,14H2,1-8H3. The monoisotopic (exact) mass is 380 g/mol. The zero-order valence-electron chi connectivity index (χ0n) is 15.0. The van der Waals surface area contributed by atoms with E-state index < -0.39 is 6.95 Å². The van der Waals surface area contributed by atoms with Gasteiger partial charge in [-0.1, -0.05) is 0 Å². The molecule has 1 rings (SSSR count). The molecule has 0 saturated carbocycles. The fourth-order valence-electron chi connectivity index (χ4n) is 2.32. The molecule has 0 aliphatic carbocycles. The Morgan fingerprint density at radius 2 is 1.86 bits per heavy atom. The van der Waals surface area contributed by atoms with Crippen molar-refractivity contribution < 1.29 is 0 Å². The molecule has 0 amide bonds. The SMILES string of the molecule is CCP1CC(C(C)C)C=CP(C)C#C[PH](C)(C)P(C)P1C. The number of hydrogen-bond donors (Lipinski definition) is 0. The van der Waals surface area contributed by atoms with E-state index in [2.05, 4.69) is 77.3 Å². The van der Waals surface area contributed by atoms with E-state index in [1.165, 1.54) is 12.3 Å². The molecule has 5 unspecified atom stereocenters. The van der Waals surface area contributed by atoms with Crippen LogP contribution in [0.1, 0.15) is 20.8 Å². The topological polar surface area (TPSA) is 0 Å². The average Bonchev–Trinajstić information content (AvgIpc) is 2.43. The minimum atomic E-state index is -1.33. The molecule has 5 atom stereocenters. The molecule has 1 aliphatic rings. The van der Waals surface area contributed by atoms with Crippen molar-refractivity contribution >= 4 is 37.1 Å². The van der Waals surface area contributed by atoms with Gasteiger partial charge in [-0.25, -0.2) is 0 Å². The van der Waals surface area contributed by atoms with Gasteiger partial charge in [-0.15, -0.1) is 0 Å². The quantitative estimate of drug-likeness (QED) is 0.348. The van der Waals surface area contributed by atoms with Gasteiger partial charge in [-0.05, 0) is 0 Å². The maximum absolute atomic E-state index is 3.80. The Bertz CT molecular complexity index is 418. The van der Waals surface area contributed by atoms with Crippen LogP contribution in [0.2, 0.25) is 0 Å². The summed E-state index contributed by atoms with van der Waals surface area (Å²) < 4.78 is 0. The molecule has 0 aromatic heterocycles. The van der Waals surface area contributed by atoms with Gasteiger partial charge in [0.25, 0.3) is 0 Å². The van der Waals surface area contributed by atoms with Crippen molar-refractivity contribution in [1.82, 2.24) is 0 Å². The third-order valence-electron chi connectivity index (χ3n) is 4.39. The van der Waals surface area contributed by atoms with Gasteiger partial charge >= 0.3 is 139 Å². The number of allylic oxidation sites excluding steroid dienone is 1. The van der Waals surface area contributed by atoms with Gasteiger partial charge in [0.15, 0.2) is 0 Å². The molecule has 21 heavy (non-hydrogen) atoms. The first-order valence-electron chi connectivity index (χ1n) is 7.85. The summed E-state index contributed by atoms with van der Waals surface area (Å²) in [6.07, 6.45) is 5.40. The van der Waals surface area contributed by atoms with Gasteiger partial charge in [-0.2, -0.15) is 0 Å². The molecule has 122 valence electrons. The number of hydrogen-bond acceptors (Lipinski definition) is 0. The van der Waals surface area contributed by atoms with Crippen LogP contribution in [0.5, 0.6) is 0 Å². The molecule has 0 bridgehead atoms. The zero-order chi connectivity index (χ0) is 16.2. The predicted octanol–water partition coefficient (Wildman–Crippen LogP) is 7.30. The van der Waals surface area contributed by atoms with E-state index >= 15 is 0 Å². The van der Waals surface area contributed by atoms with Crippen LogP contribution in [0.3, 0.4) is 0 Å². The van der Waals surface area contributed by atoms with Crippen molar-refractivity contribution in [2.24, 2.45) is 11.8 Å². The second kappa shape index (κ2) is 9.07. The van der Waals surface area contributed by atoms with E-state index in [1.54, 1.807) is 0 Å². The van der Waals surface area contributed by atoms with Gasteiger partial charge in [-0.3, -0.25) is 0 Å². The van der Waals surface area contributed by atoms with Gasteiger partial charge in [0.1, 0.15) is 0 Å². The summed E-state index contributed by atoms with van der Waals surface area (Å²) in [5.74, 6) is 3.99. The van der Waals surface area contributed by atoms with Crippen LogP contribution in [0, 0.1) is 23.2 Å². The summed E-state index contributed by atoms with van der Waals surface area (Å²) in [7, 11) is 0.364. The van der Waals surface area contributed by atoms with E-state index in [9.17, 15) is 0 Å². The van der Waals surface area contributed by atoms with Gasteiger partial charge in [0, 0.05) is 0 Å². The van der Waals surface area contributed by atoms with Crippen LogP contribution in [-0.4, -0.2) is 45.6 Å². The Labute approximate surface area is 138 Å². The molecule has 0 saturated heterocycles. The fraction of sp³-hybridized carbons (Fsp3) is 0.750. The summed E-state index contributed by atoms with van der Waals surface area (Å²) >= 11 is 0. The molecule has 0 radical (unpaired) electrons. The van der Waals surface area contributed by atoms with Crippen LogP contribution < -0.4 is 0 Å².